The minimum Gasteiger partial charge on any atom is -0.483 e. The summed E-state index contributed by atoms with van der Waals surface area (Å²) in [5, 5.41) is 0. The lowest BCUT2D eigenvalue weighted by Gasteiger charge is -2.18. The minimum atomic E-state index is -0.604. The van der Waals surface area contributed by atoms with Crippen molar-refractivity contribution in [3.05, 3.63) is 59.4 Å². The standard InChI is InChI=1S/C23H27NO5/c1-6-10-24-15(2)11-18(16(24)3)19(25)13-28-21(26)14-27-20-9-7-8-17-12-23(4,5)29-22(17)20/h6-9,11H,1,10,12-14H2,2-5H3. The number of hydrogen-bond acceptors (Lipinski definition) is 5. The van der Waals surface area contributed by atoms with Crippen molar-refractivity contribution in [2.75, 3.05) is 13.2 Å². The van der Waals surface area contributed by atoms with E-state index < -0.39 is 5.97 Å². The van der Waals surface area contributed by atoms with E-state index >= 15 is 0 Å². The average molecular weight is 397 g/mol. The number of para-hydroxylation sites is 1. The molecule has 0 N–H and O–H groups in total. The first-order chi connectivity index (χ1) is 13.7. The number of Topliss-reactive ketones (excluding diaryl/α,β-unsaturated/α-hetero) is 1. The molecule has 0 fully saturated rings. The predicted octanol–water partition coefficient (Wildman–Crippen LogP) is 3.81. The third kappa shape index (κ3) is 4.53. The Morgan fingerprint density at radius 3 is 2.76 bits per heavy atom. The fraction of sp³-hybridized carbons (Fsp3) is 0.391. The van der Waals surface area contributed by atoms with Crippen LogP contribution in [0.5, 0.6) is 11.5 Å². The number of ether oxygens (including phenoxy) is 3. The van der Waals surface area contributed by atoms with Gasteiger partial charge in [-0.1, -0.05) is 18.2 Å². The lowest BCUT2D eigenvalue weighted by molar-refractivity contribution is -0.144. The van der Waals surface area contributed by atoms with Gasteiger partial charge in [-0.15, -0.1) is 6.58 Å². The SMILES string of the molecule is C=CCn1c(C)cc(C(=O)COC(=O)COc2cccc3c2OC(C)(C)C3)c1C. The highest BCUT2D eigenvalue weighted by molar-refractivity contribution is 5.99. The first-order valence-corrected chi connectivity index (χ1v) is 9.62. The van der Waals surface area contributed by atoms with Crippen LogP contribution in [0.25, 0.3) is 0 Å². The fourth-order valence-electron chi connectivity index (χ4n) is 3.60. The topological polar surface area (TPSA) is 66.8 Å². The van der Waals surface area contributed by atoms with E-state index in [9.17, 15) is 9.59 Å². The number of carbonyl (C=O) groups excluding carboxylic acids is 2. The zero-order valence-electron chi connectivity index (χ0n) is 17.4. The Bertz CT molecular complexity index is 954. The third-order valence-corrected chi connectivity index (χ3v) is 4.95. The van der Waals surface area contributed by atoms with Crippen LogP contribution >= 0.6 is 0 Å². The van der Waals surface area contributed by atoms with Crippen molar-refractivity contribution in [3.8, 4) is 11.5 Å². The number of benzene rings is 1. The summed E-state index contributed by atoms with van der Waals surface area (Å²) in [7, 11) is 0. The number of nitrogens with zero attached hydrogens (tertiary/aromatic N) is 1. The Kier molecular flexibility index (Phi) is 5.82. The van der Waals surface area contributed by atoms with Crippen molar-refractivity contribution in [2.24, 2.45) is 0 Å². The lowest BCUT2D eigenvalue weighted by Crippen LogP contribution is -2.25. The Hall–Kier alpha value is -3.02. The molecule has 2 aromatic rings. The molecule has 2 heterocycles. The van der Waals surface area contributed by atoms with Crippen LogP contribution in [0, 0.1) is 13.8 Å². The molecule has 6 nitrogen and oxygen atoms in total. The van der Waals surface area contributed by atoms with Crippen molar-refractivity contribution in [3.63, 3.8) is 0 Å². The second kappa shape index (κ2) is 8.15. The predicted molar refractivity (Wildman–Crippen MR) is 110 cm³/mol. The van der Waals surface area contributed by atoms with Crippen LogP contribution in [0.4, 0.5) is 0 Å². The largest absolute Gasteiger partial charge is 0.483 e. The molecular formula is C23H27NO5. The molecule has 154 valence electrons. The highest BCUT2D eigenvalue weighted by atomic mass is 16.6. The molecule has 6 heteroatoms. The minimum absolute atomic E-state index is 0.243. The number of hydrogen-bond donors (Lipinski definition) is 0. The van der Waals surface area contributed by atoms with E-state index in [1.165, 1.54) is 0 Å². The van der Waals surface area contributed by atoms with E-state index in [0.717, 1.165) is 23.4 Å². The van der Waals surface area contributed by atoms with Gasteiger partial charge in [-0.05, 0) is 39.8 Å². The number of fused-ring (bicyclic) bond motifs is 1. The zero-order chi connectivity index (χ0) is 21.2. The monoisotopic (exact) mass is 397 g/mol. The molecule has 0 saturated carbocycles. The maximum atomic E-state index is 12.5. The molecule has 0 atom stereocenters. The van der Waals surface area contributed by atoms with Crippen molar-refractivity contribution >= 4 is 11.8 Å². The van der Waals surface area contributed by atoms with Gasteiger partial charge in [-0.25, -0.2) is 4.79 Å². The molecular weight excluding hydrogens is 370 g/mol. The van der Waals surface area contributed by atoms with Gasteiger partial charge in [-0.3, -0.25) is 4.79 Å². The molecule has 1 aliphatic rings. The van der Waals surface area contributed by atoms with Gasteiger partial charge in [0.15, 0.2) is 24.7 Å². The Balaban J connectivity index is 1.55. The van der Waals surface area contributed by atoms with Gasteiger partial charge in [0, 0.05) is 35.5 Å². The molecule has 0 saturated heterocycles. The summed E-state index contributed by atoms with van der Waals surface area (Å²) >= 11 is 0. The van der Waals surface area contributed by atoms with Crippen LogP contribution in [0.1, 0.15) is 41.2 Å². The number of ketones is 1. The summed E-state index contributed by atoms with van der Waals surface area (Å²) in [5.41, 5.74) is 3.09. The molecule has 0 bridgehead atoms. The van der Waals surface area contributed by atoms with Gasteiger partial charge < -0.3 is 18.8 Å². The van der Waals surface area contributed by atoms with Crippen molar-refractivity contribution in [2.45, 2.75) is 46.3 Å². The summed E-state index contributed by atoms with van der Waals surface area (Å²) < 4.78 is 18.6. The average Bonchev–Trinajstić information content (AvgIpc) is 3.14. The molecule has 1 aromatic heterocycles. The zero-order valence-corrected chi connectivity index (χ0v) is 17.4. The molecule has 0 aliphatic carbocycles. The van der Waals surface area contributed by atoms with E-state index in [2.05, 4.69) is 6.58 Å². The summed E-state index contributed by atoms with van der Waals surface area (Å²) in [6.45, 7) is 11.5. The van der Waals surface area contributed by atoms with Crippen molar-refractivity contribution in [1.29, 1.82) is 0 Å². The lowest BCUT2D eigenvalue weighted by atomic mass is 10.0. The van der Waals surface area contributed by atoms with Gasteiger partial charge in [0.25, 0.3) is 0 Å². The summed E-state index contributed by atoms with van der Waals surface area (Å²) in [6, 6.07) is 7.41. The van der Waals surface area contributed by atoms with Crippen LogP contribution in [0.3, 0.4) is 0 Å². The number of allylic oxidation sites excluding steroid dienone is 1. The number of aromatic nitrogens is 1. The molecule has 0 amide bonds. The second-order valence-electron chi connectivity index (χ2n) is 7.84. The van der Waals surface area contributed by atoms with E-state index in [1.54, 1.807) is 18.2 Å². The number of carbonyl (C=O) groups is 2. The van der Waals surface area contributed by atoms with Crippen LogP contribution in [-0.4, -0.2) is 35.1 Å². The Morgan fingerprint density at radius 1 is 1.28 bits per heavy atom. The first-order valence-electron chi connectivity index (χ1n) is 9.62. The first kappa shape index (κ1) is 20.7. The van der Waals surface area contributed by atoms with E-state index in [4.69, 9.17) is 14.2 Å². The van der Waals surface area contributed by atoms with E-state index in [0.29, 0.717) is 23.6 Å². The highest BCUT2D eigenvalue weighted by Gasteiger charge is 2.32. The molecule has 1 aromatic carbocycles. The maximum Gasteiger partial charge on any atom is 0.344 e. The summed E-state index contributed by atoms with van der Waals surface area (Å²) in [5.74, 6) is 0.320. The van der Waals surface area contributed by atoms with Crippen LogP contribution in [0.2, 0.25) is 0 Å². The van der Waals surface area contributed by atoms with Gasteiger partial charge in [0.05, 0.1) is 0 Å². The van der Waals surface area contributed by atoms with Crippen LogP contribution < -0.4 is 9.47 Å². The molecule has 0 spiro atoms. The van der Waals surface area contributed by atoms with Crippen LogP contribution in [0.15, 0.2) is 36.9 Å². The maximum absolute atomic E-state index is 12.5. The van der Waals surface area contributed by atoms with Gasteiger partial charge in [-0.2, -0.15) is 0 Å². The molecule has 3 rings (SSSR count). The fourth-order valence-corrected chi connectivity index (χ4v) is 3.60. The second-order valence-corrected chi connectivity index (χ2v) is 7.84. The van der Waals surface area contributed by atoms with Gasteiger partial charge in [0.2, 0.25) is 5.78 Å². The third-order valence-electron chi connectivity index (χ3n) is 4.95. The normalized spacial score (nSPS) is 14.1. The van der Waals surface area contributed by atoms with Gasteiger partial charge in [0.1, 0.15) is 5.60 Å². The Morgan fingerprint density at radius 2 is 2.03 bits per heavy atom. The Labute approximate surface area is 171 Å². The summed E-state index contributed by atoms with van der Waals surface area (Å²) in [6.07, 6.45) is 2.56. The van der Waals surface area contributed by atoms with Gasteiger partial charge >= 0.3 is 5.97 Å². The van der Waals surface area contributed by atoms with E-state index in [-0.39, 0.29) is 24.6 Å². The van der Waals surface area contributed by atoms with Crippen LogP contribution in [-0.2, 0) is 22.5 Å². The molecule has 1 aliphatic heterocycles. The molecule has 0 unspecified atom stereocenters. The number of esters is 1. The number of rotatable bonds is 8. The number of aryl methyl sites for hydroxylation is 1. The highest BCUT2D eigenvalue weighted by Crippen LogP contribution is 2.41. The quantitative estimate of drug-likeness (QED) is 0.385. The van der Waals surface area contributed by atoms with Crippen molar-refractivity contribution in [1.82, 2.24) is 4.57 Å². The van der Waals surface area contributed by atoms with E-state index in [1.807, 2.05) is 44.4 Å². The smallest absolute Gasteiger partial charge is 0.344 e. The van der Waals surface area contributed by atoms with Crippen molar-refractivity contribution < 1.29 is 23.8 Å². The summed E-state index contributed by atoms with van der Waals surface area (Å²) in [4.78, 5) is 24.5. The molecule has 0 radical (unpaired) electrons. The molecule has 29 heavy (non-hydrogen) atoms.